The second-order valence-electron chi connectivity index (χ2n) is 4.50. The average molecular weight is 250 g/mol. The first-order valence-corrected chi connectivity index (χ1v) is 7.00. The summed E-state index contributed by atoms with van der Waals surface area (Å²) in [6.07, 6.45) is 3.42. The van der Waals surface area contributed by atoms with Crippen molar-refractivity contribution in [3.8, 4) is 5.75 Å². The summed E-state index contributed by atoms with van der Waals surface area (Å²) in [7, 11) is 0. The largest absolute Gasteiger partial charge is 0.491 e. The molecule has 3 nitrogen and oxygen atoms in total. The van der Waals surface area contributed by atoms with E-state index in [-0.39, 0.29) is 0 Å². The van der Waals surface area contributed by atoms with E-state index in [4.69, 9.17) is 10.5 Å². The van der Waals surface area contributed by atoms with Crippen molar-refractivity contribution >= 4 is 11.4 Å². The van der Waals surface area contributed by atoms with Crippen molar-refractivity contribution in [1.29, 1.82) is 0 Å². The highest BCUT2D eigenvalue weighted by Gasteiger charge is 2.07. The lowest BCUT2D eigenvalue weighted by molar-refractivity contribution is 0.319. The van der Waals surface area contributed by atoms with Gasteiger partial charge in [-0.05, 0) is 31.9 Å². The lowest BCUT2D eigenvalue weighted by Crippen LogP contribution is -2.23. The fraction of sp³-hybridized carbons (Fsp3) is 0.600. The minimum absolute atomic E-state index is 0.717. The maximum atomic E-state index is 5.93. The SMILES string of the molecule is CCCCN(CC)c1ccc(N)c(OCCC)c1. The van der Waals surface area contributed by atoms with E-state index in [0.29, 0.717) is 0 Å². The van der Waals surface area contributed by atoms with Crippen molar-refractivity contribution in [2.45, 2.75) is 40.0 Å². The number of nitrogens with two attached hydrogens (primary N) is 1. The summed E-state index contributed by atoms with van der Waals surface area (Å²) in [6.45, 7) is 9.31. The van der Waals surface area contributed by atoms with Gasteiger partial charge in [0.15, 0.2) is 0 Å². The summed E-state index contributed by atoms with van der Waals surface area (Å²) in [6, 6.07) is 6.08. The normalized spacial score (nSPS) is 10.4. The van der Waals surface area contributed by atoms with E-state index in [9.17, 15) is 0 Å². The molecule has 0 radical (unpaired) electrons. The van der Waals surface area contributed by atoms with Gasteiger partial charge in [-0.2, -0.15) is 0 Å². The third kappa shape index (κ3) is 4.13. The zero-order chi connectivity index (χ0) is 13.4. The molecule has 0 spiro atoms. The van der Waals surface area contributed by atoms with E-state index in [2.05, 4.69) is 37.8 Å². The van der Waals surface area contributed by atoms with E-state index in [1.807, 2.05) is 6.07 Å². The van der Waals surface area contributed by atoms with Crippen LogP contribution < -0.4 is 15.4 Å². The van der Waals surface area contributed by atoms with Gasteiger partial charge in [0.1, 0.15) is 5.75 Å². The van der Waals surface area contributed by atoms with Crippen LogP contribution in [0.2, 0.25) is 0 Å². The Labute approximate surface area is 111 Å². The molecule has 2 N–H and O–H groups in total. The summed E-state index contributed by atoms with van der Waals surface area (Å²) in [5, 5.41) is 0. The van der Waals surface area contributed by atoms with Crippen LogP contribution in [0.15, 0.2) is 18.2 Å². The molecule has 0 unspecified atom stereocenters. The van der Waals surface area contributed by atoms with E-state index in [1.54, 1.807) is 0 Å². The Kier molecular flexibility index (Phi) is 6.40. The first-order chi connectivity index (χ1) is 8.72. The van der Waals surface area contributed by atoms with Crippen molar-refractivity contribution in [1.82, 2.24) is 0 Å². The molecule has 0 aliphatic heterocycles. The van der Waals surface area contributed by atoms with Crippen LogP contribution in [0.4, 0.5) is 11.4 Å². The molecule has 0 aliphatic rings. The van der Waals surface area contributed by atoms with Gasteiger partial charge in [0.25, 0.3) is 0 Å². The molecule has 102 valence electrons. The molecule has 0 atom stereocenters. The fourth-order valence-electron chi connectivity index (χ4n) is 1.88. The van der Waals surface area contributed by atoms with Crippen LogP contribution >= 0.6 is 0 Å². The molecule has 0 saturated heterocycles. The van der Waals surface area contributed by atoms with Gasteiger partial charge in [-0.3, -0.25) is 0 Å². The second kappa shape index (κ2) is 7.85. The molecule has 1 aromatic carbocycles. The molecule has 0 fully saturated rings. The molecule has 1 aromatic rings. The topological polar surface area (TPSA) is 38.5 Å². The first kappa shape index (κ1) is 14.7. The summed E-state index contributed by atoms with van der Waals surface area (Å²) < 4.78 is 5.67. The number of anilines is 2. The third-order valence-electron chi connectivity index (χ3n) is 2.99. The monoisotopic (exact) mass is 250 g/mol. The predicted molar refractivity (Wildman–Crippen MR) is 79.4 cm³/mol. The number of ether oxygens (including phenoxy) is 1. The van der Waals surface area contributed by atoms with Gasteiger partial charge in [-0.15, -0.1) is 0 Å². The molecular formula is C15H26N2O. The Morgan fingerprint density at radius 2 is 1.94 bits per heavy atom. The number of nitrogens with zero attached hydrogens (tertiary/aromatic N) is 1. The number of unbranched alkanes of at least 4 members (excludes halogenated alkanes) is 1. The molecule has 0 aromatic heterocycles. The predicted octanol–water partition coefficient (Wildman–Crippen LogP) is 3.68. The first-order valence-electron chi connectivity index (χ1n) is 7.00. The van der Waals surface area contributed by atoms with E-state index in [0.717, 1.165) is 37.6 Å². The standard InChI is InChI=1S/C15H26N2O/c1-4-7-10-17(6-3)13-8-9-14(16)15(12-13)18-11-5-2/h8-9,12H,4-7,10-11,16H2,1-3H3. The quantitative estimate of drug-likeness (QED) is 0.715. The Morgan fingerprint density at radius 1 is 1.17 bits per heavy atom. The van der Waals surface area contributed by atoms with Crippen LogP contribution in [-0.4, -0.2) is 19.7 Å². The van der Waals surface area contributed by atoms with Gasteiger partial charge in [-0.1, -0.05) is 20.3 Å². The number of hydrogen-bond donors (Lipinski definition) is 1. The summed E-state index contributed by atoms with van der Waals surface area (Å²) in [5.74, 6) is 0.810. The van der Waals surface area contributed by atoms with Crippen LogP contribution in [0.25, 0.3) is 0 Å². The van der Waals surface area contributed by atoms with Gasteiger partial charge in [0, 0.05) is 24.8 Å². The van der Waals surface area contributed by atoms with Crippen LogP contribution in [0.3, 0.4) is 0 Å². The number of nitrogen functional groups attached to an aromatic ring is 1. The molecule has 0 saturated carbocycles. The van der Waals surface area contributed by atoms with Crippen LogP contribution in [-0.2, 0) is 0 Å². The van der Waals surface area contributed by atoms with Crippen molar-refractivity contribution in [3.63, 3.8) is 0 Å². The van der Waals surface area contributed by atoms with E-state index in [1.165, 1.54) is 18.5 Å². The minimum Gasteiger partial charge on any atom is -0.491 e. The number of benzene rings is 1. The zero-order valence-electron chi connectivity index (χ0n) is 11.9. The molecule has 18 heavy (non-hydrogen) atoms. The van der Waals surface area contributed by atoms with Crippen LogP contribution in [0, 0.1) is 0 Å². The maximum Gasteiger partial charge on any atom is 0.144 e. The van der Waals surface area contributed by atoms with Crippen molar-refractivity contribution in [2.75, 3.05) is 30.3 Å². The van der Waals surface area contributed by atoms with Gasteiger partial charge in [-0.25, -0.2) is 0 Å². The number of hydrogen-bond acceptors (Lipinski definition) is 3. The third-order valence-corrected chi connectivity index (χ3v) is 2.99. The summed E-state index contributed by atoms with van der Waals surface area (Å²) in [5.41, 5.74) is 7.85. The lowest BCUT2D eigenvalue weighted by atomic mass is 10.2. The van der Waals surface area contributed by atoms with Crippen molar-refractivity contribution in [2.24, 2.45) is 0 Å². The minimum atomic E-state index is 0.717. The van der Waals surface area contributed by atoms with Gasteiger partial charge in [0.2, 0.25) is 0 Å². The Bertz CT molecular complexity index is 352. The van der Waals surface area contributed by atoms with Crippen LogP contribution in [0.5, 0.6) is 5.75 Å². The van der Waals surface area contributed by atoms with E-state index < -0.39 is 0 Å². The molecule has 0 amide bonds. The lowest BCUT2D eigenvalue weighted by Gasteiger charge is -2.24. The Morgan fingerprint density at radius 3 is 2.56 bits per heavy atom. The average Bonchev–Trinajstić information content (AvgIpc) is 2.39. The summed E-state index contributed by atoms with van der Waals surface area (Å²) >= 11 is 0. The summed E-state index contributed by atoms with van der Waals surface area (Å²) in [4.78, 5) is 2.36. The molecule has 0 heterocycles. The zero-order valence-corrected chi connectivity index (χ0v) is 11.9. The number of rotatable bonds is 8. The highest BCUT2D eigenvalue weighted by Crippen LogP contribution is 2.28. The molecule has 0 bridgehead atoms. The van der Waals surface area contributed by atoms with Crippen molar-refractivity contribution < 1.29 is 4.74 Å². The van der Waals surface area contributed by atoms with Gasteiger partial charge >= 0.3 is 0 Å². The van der Waals surface area contributed by atoms with Gasteiger partial charge in [0.05, 0.1) is 12.3 Å². The Balaban J connectivity index is 2.80. The highest BCUT2D eigenvalue weighted by atomic mass is 16.5. The highest BCUT2D eigenvalue weighted by molar-refractivity contribution is 5.62. The maximum absolute atomic E-state index is 5.93. The van der Waals surface area contributed by atoms with Gasteiger partial charge < -0.3 is 15.4 Å². The molecule has 3 heteroatoms. The van der Waals surface area contributed by atoms with Crippen molar-refractivity contribution in [3.05, 3.63) is 18.2 Å². The Hall–Kier alpha value is -1.38. The molecule has 1 rings (SSSR count). The second-order valence-corrected chi connectivity index (χ2v) is 4.50. The molecule has 0 aliphatic carbocycles. The smallest absolute Gasteiger partial charge is 0.144 e. The van der Waals surface area contributed by atoms with Crippen LogP contribution in [0.1, 0.15) is 40.0 Å². The molecular weight excluding hydrogens is 224 g/mol. The fourth-order valence-corrected chi connectivity index (χ4v) is 1.88. The van der Waals surface area contributed by atoms with E-state index >= 15 is 0 Å².